The zero-order chi connectivity index (χ0) is 14.7. The van der Waals surface area contributed by atoms with Crippen molar-refractivity contribution < 1.29 is 9.53 Å². The van der Waals surface area contributed by atoms with Crippen LogP contribution in [0.1, 0.15) is 53.9 Å². The summed E-state index contributed by atoms with van der Waals surface area (Å²) >= 11 is 0. The molecule has 2 atom stereocenters. The largest absolute Gasteiger partial charge is 0.465 e. The van der Waals surface area contributed by atoms with Crippen LogP contribution >= 0.6 is 0 Å². The number of hydrogen-bond acceptors (Lipinski definition) is 4. The van der Waals surface area contributed by atoms with Crippen molar-refractivity contribution in [1.82, 2.24) is 10.2 Å². The Morgan fingerprint density at radius 2 is 1.84 bits per heavy atom. The number of carbonyl (C=O) groups excluding carboxylic acids is 1. The van der Waals surface area contributed by atoms with Crippen LogP contribution in [0.3, 0.4) is 0 Å². The van der Waals surface area contributed by atoms with Gasteiger partial charge in [-0.05, 0) is 52.7 Å². The summed E-state index contributed by atoms with van der Waals surface area (Å²) in [7, 11) is 0. The van der Waals surface area contributed by atoms with Crippen LogP contribution in [-0.4, -0.2) is 49.2 Å². The van der Waals surface area contributed by atoms with Gasteiger partial charge in [-0.2, -0.15) is 0 Å². The summed E-state index contributed by atoms with van der Waals surface area (Å²) in [5.41, 5.74) is 0. The van der Waals surface area contributed by atoms with E-state index in [1.54, 1.807) is 0 Å². The fourth-order valence-corrected chi connectivity index (χ4v) is 2.18. The van der Waals surface area contributed by atoms with E-state index in [0.717, 1.165) is 38.9 Å². The van der Waals surface area contributed by atoms with Crippen LogP contribution in [0.4, 0.5) is 0 Å². The summed E-state index contributed by atoms with van der Waals surface area (Å²) in [4.78, 5) is 14.1. The number of esters is 1. The van der Waals surface area contributed by atoms with Gasteiger partial charge in [-0.25, -0.2) is 0 Å². The fraction of sp³-hybridized carbons (Fsp3) is 0.933. The molecule has 0 saturated heterocycles. The third kappa shape index (κ3) is 8.22. The van der Waals surface area contributed by atoms with Gasteiger partial charge in [-0.15, -0.1) is 0 Å². The Kier molecular flexibility index (Phi) is 10.9. The lowest BCUT2D eigenvalue weighted by Gasteiger charge is -2.22. The highest BCUT2D eigenvalue weighted by Gasteiger charge is 2.19. The molecule has 114 valence electrons. The van der Waals surface area contributed by atoms with Crippen LogP contribution < -0.4 is 5.32 Å². The van der Waals surface area contributed by atoms with E-state index in [0.29, 0.717) is 12.6 Å². The van der Waals surface area contributed by atoms with Gasteiger partial charge in [0, 0.05) is 6.04 Å². The van der Waals surface area contributed by atoms with Crippen molar-refractivity contribution in [3.63, 3.8) is 0 Å². The molecule has 0 spiro atoms. The first-order chi connectivity index (χ1) is 9.08. The normalized spacial score (nSPS) is 14.4. The van der Waals surface area contributed by atoms with Crippen LogP contribution in [-0.2, 0) is 9.53 Å². The molecule has 0 saturated carbocycles. The first kappa shape index (κ1) is 18.4. The molecule has 0 amide bonds. The standard InChI is InChI=1S/C15H32N2O2/c1-6-14(15(18)19-9-4)16-13(5)11-10-12-17(7-2)8-3/h13-14,16H,6-12H2,1-5H3. The predicted octanol–water partition coefficient (Wildman–Crippen LogP) is 2.43. The van der Waals surface area contributed by atoms with Crippen molar-refractivity contribution in [3.8, 4) is 0 Å². The zero-order valence-corrected chi connectivity index (χ0v) is 13.4. The van der Waals surface area contributed by atoms with Crippen molar-refractivity contribution >= 4 is 5.97 Å². The molecular weight excluding hydrogens is 240 g/mol. The maximum absolute atomic E-state index is 11.7. The molecule has 0 aromatic rings. The third-order valence-electron chi connectivity index (χ3n) is 3.47. The van der Waals surface area contributed by atoms with E-state index >= 15 is 0 Å². The van der Waals surface area contributed by atoms with Gasteiger partial charge in [0.1, 0.15) is 6.04 Å². The van der Waals surface area contributed by atoms with Gasteiger partial charge < -0.3 is 15.0 Å². The zero-order valence-electron chi connectivity index (χ0n) is 13.4. The number of hydrogen-bond donors (Lipinski definition) is 1. The number of ether oxygens (including phenoxy) is 1. The van der Waals surface area contributed by atoms with Crippen molar-refractivity contribution in [2.45, 2.75) is 66.0 Å². The second-order valence-corrected chi connectivity index (χ2v) is 4.95. The highest BCUT2D eigenvalue weighted by molar-refractivity contribution is 5.75. The number of rotatable bonds is 11. The van der Waals surface area contributed by atoms with Gasteiger partial charge >= 0.3 is 5.97 Å². The van der Waals surface area contributed by atoms with Crippen molar-refractivity contribution in [2.75, 3.05) is 26.2 Å². The average Bonchev–Trinajstić information content (AvgIpc) is 2.41. The van der Waals surface area contributed by atoms with Crippen molar-refractivity contribution in [3.05, 3.63) is 0 Å². The topological polar surface area (TPSA) is 41.6 Å². The first-order valence-electron chi connectivity index (χ1n) is 7.73. The quantitative estimate of drug-likeness (QED) is 0.587. The summed E-state index contributed by atoms with van der Waals surface area (Å²) in [6.07, 6.45) is 3.03. The van der Waals surface area contributed by atoms with Crippen molar-refractivity contribution in [1.29, 1.82) is 0 Å². The summed E-state index contributed by atoms with van der Waals surface area (Å²) in [5.74, 6) is -0.124. The van der Waals surface area contributed by atoms with Gasteiger partial charge in [0.05, 0.1) is 6.61 Å². The van der Waals surface area contributed by atoms with Crippen LogP contribution in [0.2, 0.25) is 0 Å². The summed E-state index contributed by atoms with van der Waals surface area (Å²) in [6.45, 7) is 14.2. The lowest BCUT2D eigenvalue weighted by atomic mass is 10.1. The monoisotopic (exact) mass is 272 g/mol. The van der Waals surface area contributed by atoms with E-state index in [-0.39, 0.29) is 12.0 Å². The minimum absolute atomic E-state index is 0.124. The van der Waals surface area contributed by atoms with Gasteiger partial charge in [0.15, 0.2) is 0 Å². The van der Waals surface area contributed by atoms with E-state index in [1.165, 1.54) is 0 Å². The molecule has 0 radical (unpaired) electrons. The molecule has 0 aliphatic rings. The maximum atomic E-state index is 11.7. The predicted molar refractivity (Wildman–Crippen MR) is 80.3 cm³/mol. The van der Waals surface area contributed by atoms with E-state index in [9.17, 15) is 4.79 Å². The van der Waals surface area contributed by atoms with Crippen LogP contribution in [0.25, 0.3) is 0 Å². The Bertz CT molecular complexity index is 230. The van der Waals surface area contributed by atoms with E-state index in [1.807, 2.05) is 13.8 Å². The van der Waals surface area contributed by atoms with Crippen molar-refractivity contribution in [2.24, 2.45) is 0 Å². The summed E-state index contributed by atoms with van der Waals surface area (Å²) in [5, 5.41) is 3.37. The molecule has 4 nitrogen and oxygen atoms in total. The molecule has 0 heterocycles. The lowest BCUT2D eigenvalue weighted by Crippen LogP contribution is -2.42. The minimum atomic E-state index is -0.164. The molecule has 19 heavy (non-hydrogen) atoms. The molecule has 0 aliphatic carbocycles. The SMILES string of the molecule is CCOC(=O)C(CC)NC(C)CCCN(CC)CC. The van der Waals surface area contributed by atoms with E-state index in [2.05, 4.69) is 31.0 Å². The lowest BCUT2D eigenvalue weighted by molar-refractivity contribution is -0.146. The molecule has 0 aliphatic heterocycles. The van der Waals surface area contributed by atoms with E-state index < -0.39 is 0 Å². The second kappa shape index (κ2) is 11.2. The Labute approximate surface area is 118 Å². The smallest absolute Gasteiger partial charge is 0.323 e. The van der Waals surface area contributed by atoms with Crippen LogP contribution in [0, 0.1) is 0 Å². The molecule has 2 unspecified atom stereocenters. The van der Waals surface area contributed by atoms with Gasteiger partial charge in [0.25, 0.3) is 0 Å². The van der Waals surface area contributed by atoms with Crippen LogP contribution in [0.5, 0.6) is 0 Å². The highest BCUT2D eigenvalue weighted by atomic mass is 16.5. The minimum Gasteiger partial charge on any atom is -0.465 e. The Morgan fingerprint density at radius 1 is 1.21 bits per heavy atom. The molecule has 4 heteroatoms. The average molecular weight is 272 g/mol. The van der Waals surface area contributed by atoms with Gasteiger partial charge in [0.2, 0.25) is 0 Å². The summed E-state index contributed by atoms with van der Waals surface area (Å²) < 4.78 is 5.06. The molecule has 0 fully saturated rings. The number of nitrogens with zero attached hydrogens (tertiary/aromatic N) is 1. The number of nitrogens with one attached hydrogen (secondary N) is 1. The molecule has 1 N–H and O–H groups in total. The fourth-order valence-electron chi connectivity index (χ4n) is 2.18. The molecular formula is C15H32N2O2. The molecule has 0 aromatic heterocycles. The second-order valence-electron chi connectivity index (χ2n) is 4.95. The Morgan fingerprint density at radius 3 is 2.32 bits per heavy atom. The Balaban J connectivity index is 3.93. The summed E-state index contributed by atoms with van der Waals surface area (Å²) in [6, 6.07) is 0.188. The third-order valence-corrected chi connectivity index (χ3v) is 3.47. The van der Waals surface area contributed by atoms with Crippen LogP contribution in [0.15, 0.2) is 0 Å². The maximum Gasteiger partial charge on any atom is 0.323 e. The molecule has 0 bridgehead atoms. The molecule has 0 rings (SSSR count). The Hall–Kier alpha value is -0.610. The van der Waals surface area contributed by atoms with Gasteiger partial charge in [-0.3, -0.25) is 4.79 Å². The molecule has 0 aromatic carbocycles. The number of carbonyl (C=O) groups is 1. The van der Waals surface area contributed by atoms with E-state index in [4.69, 9.17) is 4.74 Å². The highest BCUT2D eigenvalue weighted by Crippen LogP contribution is 2.03. The first-order valence-corrected chi connectivity index (χ1v) is 7.73. The van der Waals surface area contributed by atoms with Gasteiger partial charge in [-0.1, -0.05) is 20.8 Å².